The fraction of sp³-hybridized carbons (Fsp3) is 0.556. The minimum atomic E-state index is 0.702. The van der Waals surface area contributed by atoms with Gasteiger partial charge in [-0.25, -0.2) is 0 Å². The summed E-state index contributed by atoms with van der Waals surface area (Å²) in [5, 5.41) is 4.37. The van der Waals surface area contributed by atoms with Crippen LogP contribution in [-0.2, 0) is 20.0 Å². The van der Waals surface area contributed by atoms with Crippen molar-refractivity contribution in [3.63, 3.8) is 0 Å². The van der Waals surface area contributed by atoms with Gasteiger partial charge >= 0.3 is 0 Å². The van der Waals surface area contributed by atoms with E-state index in [1.165, 1.54) is 42.6 Å². The second kappa shape index (κ2) is 6.61. The molecular formula is C18H26N4. The van der Waals surface area contributed by atoms with Crippen molar-refractivity contribution >= 4 is 0 Å². The molecular weight excluding hydrogens is 272 g/mol. The number of aromatic nitrogens is 3. The normalized spacial score (nSPS) is 19.0. The van der Waals surface area contributed by atoms with Gasteiger partial charge in [-0.1, -0.05) is 0 Å². The number of aryl methyl sites for hydroxylation is 3. The molecule has 1 aliphatic heterocycles. The predicted octanol–water partition coefficient (Wildman–Crippen LogP) is 3.03. The largest absolute Gasteiger partial charge is 0.296 e. The number of nitrogens with zero attached hydrogens (tertiary/aromatic N) is 4. The Bertz CT molecular complexity index is 632. The molecule has 3 rings (SSSR count). The second-order valence-electron chi connectivity index (χ2n) is 6.49. The van der Waals surface area contributed by atoms with Gasteiger partial charge < -0.3 is 0 Å². The van der Waals surface area contributed by atoms with Crippen molar-refractivity contribution in [2.45, 2.75) is 52.1 Å². The summed E-state index contributed by atoms with van der Waals surface area (Å²) < 4.78 is 1.97. The van der Waals surface area contributed by atoms with Gasteiger partial charge in [-0.3, -0.25) is 14.6 Å². The van der Waals surface area contributed by atoms with Gasteiger partial charge in [-0.05, 0) is 63.8 Å². The molecule has 0 saturated carbocycles. The highest BCUT2D eigenvalue weighted by molar-refractivity contribution is 5.17. The van der Waals surface area contributed by atoms with Crippen molar-refractivity contribution in [1.29, 1.82) is 0 Å². The van der Waals surface area contributed by atoms with Crippen molar-refractivity contribution in [3.8, 4) is 0 Å². The lowest BCUT2D eigenvalue weighted by atomic mass is 10.0. The molecule has 0 aromatic carbocycles. The van der Waals surface area contributed by atoms with Crippen LogP contribution in [0.2, 0.25) is 0 Å². The van der Waals surface area contributed by atoms with Crippen molar-refractivity contribution in [2.24, 2.45) is 7.05 Å². The molecule has 0 amide bonds. The van der Waals surface area contributed by atoms with Crippen LogP contribution in [0.1, 0.15) is 41.8 Å². The smallest absolute Gasteiger partial charge is 0.0537 e. The molecule has 0 bridgehead atoms. The van der Waals surface area contributed by atoms with E-state index in [0.717, 1.165) is 18.7 Å². The van der Waals surface area contributed by atoms with Crippen LogP contribution in [0.3, 0.4) is 0 Å². The molecule has 1 aliphatic rings. The molecule has 0 N–H and O–H groups in total. The van der Waals surface area contributed by atoms with Gasteiger partial charge in [-0.15, -0.1) is 0 Å². The molecule has 1 unspecified atom stereocenters. The topological polar surface area (TPSA) is 34.0 Å². The molecule has 22 heavy (non-hydrogen) atoms. The number of pyridine rings is 1. The Balaban J connectivity index is 1.60. The van der Waals surface area contributed by atoms with E-state index in [-0.39, 0.29) is 0 Å². The molecule has 3 heterocycles. The van der Waals surface area contributed by atoms with Crippen LogP contribution in [0.4, 0.5) is 0 Å². The van der Waals surface area contributed by atoms with E-state index in [1.54, 1.807) is 0 Å². The number of hydrogen-bond acceptors (Lipinski definition) is 3. The maximum absolute atomic E-state index is 4.37. The third kappa shape index (κ3) is 3.38. The van der Waals surface area contributed by atoms with Crippen LogP contribution in [0.5, 0.6) is 0 Å². The average molecular weight is 298 g/mol. The van der Waals surface area contributed by atoms with Gasteiger partial charge in [0, 0.05) is 42.8 Å². The Morgan fingerprint density at radius 2 is 2.18 bits per heavy atom. The Hall–Kier alpha value is -1.68. The summed E-state index contributed by atoms with van der Waals surface area (Å²) >= 11 is 0. The van der Waals surface area contributed by atoms with E-state index >= 15 is 0 Å². The minimum Gasteiger partial charge on any atom is -0.296 e. The number of rotatable bonds is 5. The van der Waals surface area contributed by atoms with Crippen LogP contribution in [0.15, 0.2) is 24.5 Å². The van der Waals surface area contributed by atoms with Crippen molar-refractivity contribution < 1.29 is 0 Å². The van der Waals surface area contributed by atoms with E-state index in [0.29, 0.717) is 6.04 Å². The first-order chi connectivity index (χ1) is 10.6. The fourth-order valence-corrected chi connectivity index (χ4v) is 3.44. The van der Waals surface area contributed by atoms with Gasteiger partial charge in [0.05, 0.1) is 6.20 Å². The third-order valence-electron chi connectivity index (χ3n) is 4.94. The van der Waals surface area contributed by atoms with Gasteiger partial charge in [0.25, 0.3) is 0 Å². The molecule has 0 radical (unpaired) electrons. The van der Waals surface area contributed by atoms with Gasteiger partial charge in [0.1, 0.15) is 0 Å². The fourth-order valence-electron chi connectivity index (χ4n) is 3.44. The summed E-state index contributed by atoms with van der Waals surface area (Å²) in [6.45, 7) is 6.48. The Labute approximate surface area is 133 Å². The number of likely N-dealkylation sites (tertiary alicyclic amines) is 1. The SMILES string of the molecule is Cc1cc(CCC2CCCN2Cc2cnn(C)c2C)ccn1. The zero-order valence-corrected chi connectivity index (χ0v) is 13.9. The summed E-state index contributed by atoms with van der Waals surface area (Å²) in [5.41, 5.74) is 5.19. The molecule has 1 atom stereocenters. The van der Waals surface area contributed by atoms with E-state index in [4.69, 9.17) is 0 Å². The van der Waals surface area contributed by atoms with E-state index < -0.39 is 0 Å². The molecule has 2 aromatic rings. The highest BCUT2D eigenvalue weighted by Crippen LogP contribution is 2.24. The van der Waals surface area contributed by atoms with Gasteiger partial charge in [0.2, 0.25) is 0 Å². The van der Waals surface area contributed by atoms with Crippen LogP contribution in [0.25, 0.3) is 0 Å². The maximum atomic E-state index is 4.37. The summed E-state index contributed by atoms with van der Waals surface area (Å²) in [6.07, 6.45) is 8.98. The first kappa shape index (κ1) is 15.2. The Morgan fingerprint density at radius 1 is 1.32 bits per heavy atom. The summed E-state index contributed by atoms with van der Waals surface area (Å²) in [6, 6.07) is 5.07. The molecule has 1 fully saturated rings. The number of hydrogen-bond donors (Lipinski definition) is 0. The highest BCUT2D eigenvalue weighted by atomic mass is 15.3. The second-order valence-corrected chi connectivity index (χ2v) is 6.49. The molecule has 4 nitrogen and oxygen atoms in total. The molecule has 118 valence electrons. The van der Waals surface area contributed by atoms with Crippen LogP contribution in [0, 0.1) is 13.8 Å². The zero-order chi connectivity index (χ0) is 15.5. The van der Waals surface area contributed by atoms with Gasteiger partial charge in [0.15, 0.2) is 0 Å². The lowest BCUT2D eigenvalue weighted by molar-refractivity contribution is 0.234. The molecule has 0 aliphatic carbocycles. The standard InChI is InChI=1S/C18H26N4/c1-14-11-16(8-9-19-14)6-7-18-5-4-10-22(18)13-17-12-20-21(3)15(17)2/h8-9,11-12,18H,4-7,10,13H2,1-3H3. The quantitative estimate of drug-likeness (QED) is 0.851. The van der Waals surface area contributed by atoms with Gasteiger partial charge in [-0.2, -0.15) is 5.10 Å². The maximum Gasteiger partial charge on any atom is 0.0537 e. The molecule has 1 saturated heterocycles. The Morgan fingerprint density at radius 3 is 2.91 bits per heavy atom. The Kier molecular flexibility index (Phi) is 4.57. The summed E-state index contributed by atoms with van der Waals surface area (Å²) in [7, 11) is 2.02. The van der Waals surface area contributed by atoms with E-state index in [1.807, 2.05) is 24.1 Å². The molecule has 0 spiro atoms. The molecule has 2 aromatic heterocycles. The minimum absolute atomic E-state index is 0.702. The summed E-state index contributed by atoms with van der Waals surface area (Å²) in [4.78, 5) is 6.92. The first-order valence-electron chi connectivity index (χ1n) is 8.26. The molecule has 4 heteroatoms. The third-order valence-corrected chi connectivity index (χ3v) is 4.94. The average Bonchev–Trinajstić information content (AvgIpc) is 3.07. The summed E-state index contributed by atoms with van der Waals surface area (Å²) in [5.74, 6) is 0. The van der Waals surface area contributed by atoms with Crippen LogP contribution < -0.4 is 0 Å². The van der Waals surface area contributed by atoms with Crippen molar-refractivity contribution in [3.05, 3.63) is 47.0 Å². The predicted molar refractivity (Wildman–Crippen MR) is 88.7 cm³/mol. The van der Waals surface area contributed by atoms with E-state index in [2.05, 4.69) is 41.0 Å². The first-order valence-corrected chi connectivity index (χ1v) is 8.26. The van der Waals surface area contributed by atoms with Crippen LogP contribution in [-0.4, -0.2) is 32.3 Å². The highest BCUT2D eigenvalue weighted by Gasteiger charge is 2.25. The van der Waals surface area contributed by atoms with Crippen molar-refractivity contribution in [1.82, 2.24) is 19.7 Å². The zero-order valence-electron chi connectivity index (χ0n) is 13.9. The van der Waals surface area contributed by atoms with Crippen LogP contribution >= 0.6 is 0 Å². The van der Waals surface area contributed by atoms with E-state index in [9.17, 15) is 0 Å². The monoisotopic (exact) mass is 298 g/mol. The van der Waals surface area contributed by atoms with Crippen molar-refractivity contribution in [2.75, 3.05) is 6.54 Å². The lowest BCUT2D eigenvalue weighted by Gasteiger charge is -2.24. The lowest BCUT2D eigenvalue weighted by Crippen LogP contribution is -2.29.